The molecule has 1 heterocycles. The summed E-state index contributed by atoms with van der Waals surface area (Å²) in [7, 11) is 3.60. The summed E-state index contributed by atoms with van der Waals surface area (Å²) in [6.07, 6.45) is 3.83. The number of hydrogen-bond acceptors (Lipinski definition) is 3. The Morgan fingerprint density at radius 1 is 1.21 bits per heavy atom. The number of rotatable bonds is 5. The molecular weight excluding hydrogens is 238 g/mol. The third kappa shape index (κ3) is 3.28. The monoisotopic (exact) mass is 259 g/mol. The molecule has 2 rings (SSSR count). The molecule has 1 N–H and O–H groups in total. The van der Waals surface area contributed by atoms with Crippen LogP contribution < -0.4 is 10.1 Å². The summed E-state index contributed by atoms with van der Waals surface area (Å²) in [6.45, 7) is 4.40. The van der Waals surface area contributed by atoms with E-state index in [1.165, 1.54) is 5.56 Å². The average Bonchev–Trinajstić information content (AvgIpc) is 2.83. The fourth-order valence-corrected chi connectivity index (χ4v) is 2.08. The minimum Gasteiger partial charge on any atom is -0.497 e. The zero-order valence-corrected chi connectivity index (χ0v) is 11.9. The molecule has 1 aromatic carbocycles. The smallest absolute Gasteiger partial charge is 0.118 e. The number of ether oxygens (including phenoxy) is 1. The molecule has 2 aromatic rings. The van der Waals surface area contributed by atoms with Crippen LogP contribution in [0.1, 0.15) is 25.3 Å². The molecular formula is C15H21N3O. The predicted molar refractivity (Wildman–Crippen MR) is 77.7 cm³/mol. The third-order valence-corrected chi connectivity index (χ3v) is 3.49. The van der Waals surface area contributed by atoms with Crippen molar-refractivity contribution in [3.8, 4) is 5.75 Å². The lowest BCUT2D eigenvalue weighted by Crippen LogP contribution is -2.22. The van der Waals surface area contributed by atoms with E-state index < -0.39 is 0 Å². The van der Waals surface area contributed by atoms with Gasteiger partial charge in [-0.3, -0.25) is 4.68 Å². The Morgan fingerprint density at radius 3 is 2.42 bits per heavy atom. The van der Waals surface area contributed by atoms with Crippen LogP contribution in [0, 0.1) is 0 Å². The van der Waals surface area contributed by atoms with Gasteiger partial charge in [-0.15, -0.1) is 0 Å². The lowest BCUT2D eigenvalue weighted by atomic mass is 9.94. The van der Waals surface area contributed by atoms with Crippen molar-refractivity contribution < 1.29 is 4.74 Å². The first-order valence-corrected chi connectivity index (χ1v) is 6.49. The Hall–Kier alpha value is -1.97. The number of nitrogens with zero attached hydrogens (tertiary/aromatic N) is 2. The second-order valence-corrected chi connectivity index (χ2v) is 4.90. The number of benzene rings is 1. The standard InChI is InChI=1S/C15H21N3O/c1-11(13-5-7-15(19-4)8-6-13)12(2)17-14-9-16-18(3)10-14/h5-12,17H,1-4H3/t11-,12+/m1/s1. The number of aryl methyl sites for hydroxylation is 1. The van der Waals surface area contributed by atoms with Crippen LogP contribution in [0.15, 0.2) is 36.7 Å². The van der Waals surface area contributed by atoms with E-state index in [4.69, 9.17) is 4.74 Å². The number of nitrogens with one attached hydrogen (secondary N) is 1. The topological polar surface area (TPSA) is 39.1 Å². The predicted octanol–water partition coefficient (Wildman–Crippen LogP) is 3.03. The van der Waals surface area contributed by atoms with Crippen molar-refractivity contribution >= 4 is 5.69 Å². The van der Waals surface area contributed by atoms with Gasteiger partial charge >= 0.3 is 0 Å². The summed E-state index contributed by atoms with van der Waals surface area (Å²) in [5.74, 6) is 1.30. The minimum atomic E-state index is 0.331. The average molecular weight is 259 g/mol. The first kappa shape index (κ1) is 13.5. The lowest BCUT2D eigenvalue weighted by molar-refractivity contribution is 0.414. The molecule has 102 valence electrons. The van der Waals surface area contributed by atoms with E-state index in [0.29, 0.717) is 12.0 Å². The molecule has 0 saturated carbocycles. The van der Waals surface area contributed by atoms with E-state index in [1.54, 1.807) is 11.8 Å². The maximum atomic E-state index is 5.18. The van der Waals surface area contributed by atoms with Crippen molar-refractivity contribution in [3.63, 3.8) is 0 Å². The van der Waals surface area contributed by atoms with Crippen molar-refractivity contribution in [1.29, 1.82) is 0 Å². The van der Waals surface area contributed by atoms with Crippen molar-refractivity contribution in [2.24, 2.45) is 7.05 Å². The van der Waals surface area contributed by atoms with E-state index in [1.807, 2.05) is 31.6 Å². The zero-order chi connectivity index (χ0) is 13.8. The maximum absolute atomic E-state index is 5.18. The van der Waals surface area contributed by atoms with E-state index in [2.05, 4.69) is 36.4 Å². The van der Waals surface area contributed by atoms with Crippen LogP contribution in [0.2, 0.25) is 0 Å². The zero-order valence-electron chi connectivity index (χ0n) is 11.9. The normalized spacial score (nSPS) is 13.9. The molecule has 0 aliphatic carbocycles. The highest BCUT2D eigenvalue weighted by Crippen LogP contribution is 2.24. The molecule has 2 atom stereocenters. The Kier molecular flexibility index (Phi) is 4.10. The van der Waals surface area contributed by atoms with Gasteiger partial charge in [-0.1, -0.05) is 19.1 Å². The second-order valence-electron chi connectivity index (χ2n) is 4.90. The molecule has 0 aliphatic heterocycles. The molecule has 0 amide bonds. The summed E-state index contributed by atoms with van der Waals surface area (Å²) in [5, 5.41) is 7.64. The first-order valence-electron chi connectivity index (χ1n) is 6.49. The van der Waals surface area contributed by atoms with Crippen LogP contribution in [-0.4, -0.2) is 22.9 Å². The Bertz CT molecular complexity index is 518. The summed E-state index contributed by atoms with van der Waals surface area (Å²) in [5.41, 5.74) is 2.35. The Labute approximate surface area is 114 Å². The van der Waals surface area contributed by atoms with Gasteiger partial charge in [0.05, 0.1) is 19.0 Å². The summed E-state index contributed by atoms with van der Waals surface area (Å²) in [6, 6.07) is 8.57. The highest BCUT2D eigenvalue weighted by atomic mass is 16.5. The van der Waals surface area contributed by atoms with Gasteiger partial charge in [0.2, 0.25) is 0 Å². The third-order valence-electron chi connectivity index (χ3n) is 3.49. The quantitative estimate of drug-likeness (QED) is 0.897. The van der Waals surface area contributed by atoms with Gasteiger partial charge in [-0.05, 0) is 24.6 Å². The molecule has 19 heavy (non-hydrogen) atoms. The van der Waals surface area contributed by atoms with Gasteiger partial charge < -0.3 is 10.1 Å². The van der Waals surface area contributed by atoms with Crippen molar-refractivity contribution in [3.05, 3.63) is 42.2 Å². The van der Waals surface area contributed by atoms with Crippen molar-refractivity contribution in [1.82, 2.24) is 9.78 Å². The summed E-state index contributed by atoms with van der Waals surface area (Å²) >= 11 is 0. The van der Waals surface area contributed by atoms with Gasteiger partial charge in [0.25, 0.3) is 0 Å². The van der Waals surface area contributed by atoms with Crippen LogP contribution in [0.5, 0.6) is 5.75 Å². The Morgan fingerprint density at radius 2 is 1.89 bits per heavy atom. The molecule has 0 fully saturated rings. The number of methoxy groups -OCH3 is 1. The summed E-state index contributed by atoms with van der Waals surface area (Å²) in [4.78, 5) is 0. The number of anilines is 1. The minimum absolute atomic E-state index is 0.331. The van der Waals surface area contributed by atoms with Gasteiger partial charge in [-0.2, -0.15) is 5.10 Å². The van der Waals surface area contributed by atoms with Crippen molar-refractivity contribution in [2.45, 2.75) is 25.8 Å². The molecule has 0 radical (unpaired) electrons. The fraction of sp³-hybridized carbons (Fsp3) is 0.400. The fourth-order valence-electron chi connectivity index (χ4n) is 2.08. The Balaban J connectivity index is 2.03. The van der Waals surface area contributed by atoms with Gasteiger partial charge in [0.15, 0.2) is 0 Å². The SMILES string of the molecule is COc1ccc([C@H](C)[C@H](C)Nc2cnn(C)c2)cc1. The van der Waals surface area contributed by atoms with Crippen LogP contribution in [0.3, 0.4) is 0 Å². The molecule has 0 saturated heterocycles. The molecule has 0 unspecified atom stereocenters. The maximum Gasteiger partial charge on any atom is 0.118 e. The highest BCUT2D eigenvalue weighted by molar-refractivity contribution is 5.40. The highest BCUT2D eigenvalue weighted by Gasteiger charge is 2.14. The molecule has 4 nitrogen and oxygen atoms in total. The van der Waals surface area contributed by atoms with Crippen molar-refractivity contribution in [2.75, 3.05) is 12.4 Å². The van der Waals surface area contributed by atoms with Crippen LogP contribution in [-0.2, 0) is 7.05 Å². The van der Waals surface area contributed by atoms with Gasteiger partial charge in [0, 0.05) is 25.2 Å². The molecule has 0 spiro atoms. The van der Waals surface area contributed by atoms with Gasteiger partial charge in [0.1, 0.15) is 5.75 Å². The lowest BCUT2D eigenvalue weighted by Gasteiger charge is -2.22. The molecule has 0 aliphatic rings. The largest absolute Gasteiger partial charge is 0.497 e. The molecule has 0 bridgehead atoms. The van der Waals surface area contributed by atoms with E-state index in [0.717, 1.165) is 11.4 Å². The van der Waals surface area contributed by atoms with E-state index in [-0.39, 0.29) is 0 Å². The molecule has 4 heteroatoms. The second kappa shape index (κ2) is 5.78. The first-order chi connectivity index (χ1) is 9.10. The number of hydrogen-bond donors (Lipinski definition) is 1. The van der Waals surface area contributed by atoms with Crippen LogP contribution in [0.25, 0.3) is 0 Å². The molecule has 1 aromatic heterocycles. The summed E-state index contributed by atoms with van der Waals surface area (Å²) < 4.78 is 6.98. The van der Waals surface area contributed by atoms with E-state index in [9.17, 15) is 0 Å². The van der Waals surface area contributed by atoms with Gasteiger partial charge in [-0.25, -0.2) is 0 Å². The van der Waals surface area contributed by atoms with Crippen LogP contribution in [0.4, 0.5) is 5.69 Å². The number of aromatic nitrogens is 2. The van der Waals surface area contributed by atoms with Crippen LogP contribution >= 0.6 is 0 Å². The van der Waals surface area contributed by atoms with E-state index >= 15 is 0 Å².